The topological polar surface area (TPSA) is 84.4 Å². The number of nitrogens with zero attached hydrogens (tertiary/aromatic N) is 4. The highest BCUT2D eigenvalue weighted by atomic mass is 32.1. The summed E-state index contributed by atoms with van der Waals surface area (Å²) in [5, 5.41) is 7.73. The fraction of sp³-hybridized carbons (Fsp3) is 0.348. The third-order valence-corrected chi connectivity index (χ3v) is 6.28. The molecule has 2 N–H and O–H groups in total. The number of nitrogens with one attached hydrogen (secondary N) is 2. The van der Waals surface area contributed by atoms with Crippen molar-refractivity contribution in [2.45, 2.75) is 13.0 Å². The molecule has 0 bridgehead atoms. The van der Waals surface area contributed by atoms with Crippen molar-refractivity contribution in [3.05, 3.63) is 42.2 Å². The molecule has 8 nitrogen and oxygen atoms in total. The van der Waals surface area contributed by atoms with Crippen molar-refractivity contribution in [3.8, 4) is 5.75 Å². The van der Waals surface area contributed by atoms with E-state index in [9.17, 15) is 0 Å². The van der Waals surface area contributed by atoms with Gasteiger partial charge in [0, 0.05) is 50.7 Å². The Morgan fingerprint density at radius 3 is 2.84 bits per heavy atom. The summed E-state index contributed by atoms with van der Waals surface area (Å²) in [4.78, 5) is 15.9. The number of anilines is 3. The molecule has 1 aliphatic rings. The summed E-state index contributed by atoms with van der Waals surface area (Å²) in [5.41, 5.74) is 5.75. The van der Waals surface area contributed by atoms with Crippen LogP contribution >= 0.6 is 11.3 Å². The second-order valence-corrected chi connectivity index (χ2v) is 8.73. The van der Waals surface area contributed by atoms with Crippen LogP contribution in [0.3, 0.4) is 0 Å². The predicted molar refractivity (Wildman–Crippen MR) is 129 cm³/mol. The third-order valence-electron chi connectivity index (χ3n) is 5.49. The van der Waals surface area contributed by atoms with Crippen molar-refractivity contribution >= 4 is 49.6 Å². The maximum atomic E-state index is 6.34. The van der Waals surface area contributed by atoms with E-state index in [1.165, 1.54) is 0 Å². The third kappa shape index (κ3) is 4.32. The Hall–Kier alpha value is -3.01. The van der Waals surface area contributed by atoms with Gasteiger partial charge >= 0.3 is 0 Å². The molecule has 2 aromatic heterocycles. The minimum atomic E-state index is -0.108. The van der Waals surface area contributed by atoms with Gasteiger partial charge in [0.1, 0.15) is 24.0 Å². The molecule has 0 saturated carbocycles. The van der Waals surface area contributed by atoms with E-state index in [0.29, 0.717) is 12.4 Å². The Morgan fingerprint density at radius 1 is 1.12 bits per heavy atom. The number of methoxy groups -OCH3 is 1. The summed E-state index contributed by atoms with van der Waals surface area (Å²) in [5.74, 6) is 1.47. The summed E-state index contributed by atoms with van der Waals surface area (Å²) in [7, 11) is 1.68. The van der Waals surface area contributed by atoms with Crippen LogP contribution in [0.1, 0.15) is 6.92 Å². The molecule has 3 heterocycles. The summed E-state index contributed by atoms with van der Waals surface area (Å²) < 4.78 is 12.8. The lowest BCUT2D eigenvalue weighted by atomic mass is 10.1. The molecule has 4 aromatic rings. The van der Waals surface area contributed by atoms with Gasteiger partial charge in [-0.1, -0.05) is 0 Å². The molecule has 1 saturated heterocycles. The monoisotopic (exact) mass is 450 g/mol. The molecule has 0 unspecified atom stereocenters. The average Bonchev–Trinajstić information content (AvgIpc) is 3.28. The largest absolute Gasteiger partial charge is 0.487 e. The van der Waals surface area contributed by atoms with E-state index in [1.54, 1.807) is 24.8 Å². The van der Waals surface area contributed by atoms with Crippen molar-refractivity contribution in [1.82, 2.24) is 20.3 Å². The second-order valence-electron chi connectivity index (χ2n) is 7.84. The van der Waals surface area contributed by atoms with Crippen molar-refractivity contribution < 1.29 is 9.47 Å². The van der Waals surface area contributed by atoms with Gasteiger partial charge in [0.15, 0.2) is 0 Å². The predicted octanol–water partition coefficient (Wildman–Crippen LogP) is 3.81. The number of hydrogen-bond donors (Lipinski definition) is 2. The molecule has 9 heteroatoms. The molecule has 5 rings (SSSR count). The molecule has 1 atom stereocenters. The second kappa shape index (κ2) is 9.23. The first-order valence-electron chi connectivity index (χ1n) is 10.7. The zero-order valence-corrected chi connectivity index (χ0v) is 19.0. The SMILES string of the molecule is COC[C@@H](C)Oc1cc(N2CCNCC2)cc2ncnc(Nc3ccc4ncsc4c3)c12. The van der Waals surface area contributed by atoms with Gasteiger partial charge in [-0.2, -0.15) is 0 Å². The maximum absolute atomic E-state index is 6.34. The zero-order valence-electron chi connectivity index (χ0n) is 18.2. The van der Waals surface area contributed by atoms with Crippen LogP contribution in [0.15, 0.2) is 42.2 Å². The smallest absolute Gasteiger partial charge is 0.145 e. The maximum Gasteiger partial charge on any atom is 0.145 e. The number of ether oxygens (including phenoxy) is 2. The van der Waals surface area contributed by atoms with Gasteiger partial charge in [0.2, 0.25) is 0 Å². The average molecular weight is 451 g/mol. The molecular weight excluding hydrogens is 424 g/mol. The van der Waals surface area contributed by atoms with Gasteiger partial charge < -0.3 is 25.0 Å². The summed E-state index contributed by atoms with van der Waals surface area (Å²) in [6, 6.07) is 10.3. The highest BCUT2D eigenvalue weighted by molar-refractivity contribution is 7.16. The van der Waals surface area contributed by atoms with E-state index in [4.69, 9.17) is 9.47 Å². The lowest BCUT2D eigenvalue weighted by molar-refractivity contribution is 0.0931. The summed E-state index contributed by atoms with van der Waals surface area (Å²) >= 11 is 1.62. The van der Waals surface area contributed by atoms with Crippen LogP contribution in [0.4, 0.5) is 17.2 Å². The van der Waals surface area contributed by atoms with Crippen molar-refractivity contribution in [2.24, 2.45) is 0 Å². The van der Waals surface area contributed by atoms with E-state index in [0.717, 1.165) is 64.4 Å². The number of hydrogen-bond acceptors (Lipinski definition) is 9. The lowest BCUT2D eigenvalue weighted by Gasteiger charge is -2.30. The molecule has 166 valence electrons. The lowest BCUT2D eigenvalue weighted by Crippen LogP contribution is -2.43. The van der Waals surface area contributed by atoms with Gasteiger partial charge in [-0.15, -0.1) is 11.3 Å². The van der Waals surface area contributed by atoms with Gasteiger partial charge in [-0.3, -0.25) is 0 Å². The van der Waals surface area contributed by atoms with Crippen LogP contribution in [0, 0.1) is 0 Å². The van der Waals surface area contributed by atoms with Crippen LogP contribution in [-0.4, -0.2) is 61.0 Å². The molecule has 0 amide bonds. The van der Waals surface area contributed by atoms with Gasteiger partial charge in [-0.05, 0) is 31.2 Å². The number of piperazine rings is 1. The Morgan fingerprint density at radius 2 is 2.00 bits per heavy atom. The minimum Gasteiger partial charge on any atom is -0.487 e. The molecule has 0 aliphatic carbocycles. The first-order valence-corrected chi connectivity index (χ1v) is 11.6. The van der Waals surface area contributed by atoms with Crippen LogP contribution in [0.25, 0.3) is 21.1 Å². The van der Waals surface area contributed by atoms with E-state index >= 15 is 0 Å². The molecule has 1 fully saturated rings. The van der Waals surface area contributed by atoms with E-state index in [2.05, 4.69) is 48.7 Å². The Balaban J connectivity index is 1.57. The zero-order chi connectivity index (χ0) is 21.9. The van der Waals surface area contributed by atoms with E-state index in [-0.39, 0.29) is 6.10 Å². The number of benzene rings is 2. The summed E-state index contributed by atoms with van der Waals surface area (Å²) in [6.07, 6.45) is 1.49. The van der Waals surface area contributed by atoms with E-state index in [1.807, 2.05) is 24.6 Å². The van der Waals surface area contributed by atoms with Crippen LogP contribution in [0.2, 0.25) is 0 Å². The highest BCUT2D eigenvalue weighted by Crippen LogP contribution is 2.37. The molecular formula is C23H26N6O2S. The van der Waals surface area contributed by atoms with Crippen molar-refractivity contribution in [1.29, 1.82) is 0 Å². The number of thiazole rings is 1. The van der Waals surface area contributed by atoms with Crippen molar-refractivity contribution in [3.63, 3.8) is 0 Å². The molecule has 1 aliphatic heterocycles. The molecule has 0 radical (unpaired) electrons. The molecule has 0 spiro atoms. The standard InChI is InChI=1S/C23H26N6O2S/c1-15(12-30-2)31-20-11-17(29-7-5-24-6-8-29)10-19-22(20)23(26-13-25-19)28-16-3-4-18-21(9-16)32-14-27-18/h3-4,9-11,13-15,24H,5-8,12H2,1-2H3,(H,25,26,28)/t15-/m1/s1. The Bertz CT molecular complexity index is 1220. The van der Waals surface area contributed by atoms with Gasteiger partial charge in [-0.25, -0.2) is 15.0 Å². The first kappa shape index (κ1) is 20.9. The van der Waals surface area contributed by atoms with E-state index < -0.39 is 0 Å². The summed E-state index contributed by atoms with van der Waals surface area (Å²) in [6.45, 7) is 6.32. The normalized spacial score (nSPS) is 15.2. The molecule has 2 aromatic carbocycles. The molecule has 32 heavy (non-hydrogen) atoms. The Labute approximate surface area is 190 Å². The first-order chi connectivity index (χ1) is 15.7. The van der Waals surface area contributed by atoms with Crippen LogP contribution in [0.5, 0.6) is 5.75 Å². The fourth-order valence-electron chi connectivity index (χ4n) is 3.99. The van der Waals surface area contributed by atoms with Gasteiger partial charge in [0.25, 0.3) is 0 Å². The minimum absolute atomic E-state index is 0.108. The van der Waals surface area contributed by atoms with Crippen LogP contribution in [-0.2, 0) is 4.74 Å². The van der Waals surface area contributed by atoms with Crippen molar-refractivity contribution in [2.75, 3.05) is 50.1 Å². The number of fused-ring (bicyclic) bond motifs is 2. The Kier molecular flexibility index (Phi) is 6.02. The quantitative estimate of drug-likeness (QED) is 0.440. The van der Waals surface area contributed by atoms with Crippen LogP contribution < -0.4 is 20.3 Å². The fourth-order valence-corrected chi connectivity index (χ4v) is 4.70. The number of aromatic nitrogens is 3. The number of rotatable bonds is 7. The van der Waals surface area contributed by atoms with Gasteiger partial charge in [0.05, 0.1) is 33.2 Å². The highest BCUT2D eigenvalue weighted by Gasteiger charge is 2.19.